The number of ether oxygens (including phenoxy) is 1. The highest BCUT2D eigenvalue weighted by Gasteiger charge is 2.35. The predicted molar refractivity (Wildman–Crippen MR) is 135 cm³/mol. The maximum absolute atomic E-state index is 13.5. The summed E-state index contributed by atoms with van der Waals surface area (Å²) < 4.78 is 6.31. The van der Waals surface area contributed by atoms with Crippen molar-refractivity contribution in [2.24, 2.45) is 5.92 Å². The first-order valence-electron chi connectivity index (χ1n) is 12.2. The van der Waals surface area contributed by atoms with Crippen molar-refractivity contribution in [1.29, 1.82) is 0 Å². The largest absolute Gasteiger partial charge is 0.472 e. The molecule has 0 fully saturated rings. The lowest BCUT2D eigenvalue weighted by Gasteiger charge is -2.37. The van der Waals surface area contributed by atoms with E-state index >= 15 is 0 Å². The number of aromatic nitrogens is 1. The molecular formula is C27H34N4O4. The van der Waals surface area contributed by atoms with E-state index in [1.165, 1.54) is 5.57 Å². The number of fused-ring (bicyclic) bond motifs is 1. The molecule has 0 saturated heterocycles. The van der Waals surface area contributed by atoms with Gasteiger partial charge in [0.05, 0.1) is 19.2 Å². The molecule has 0 spiro atoms. The van der Waals surface area contributed by atoms with E-state index in [0.717, 1.165) is 24.8 Å². The molecule has 2 aromatic rings. The molecule has 2 aliphatic rings. The quantitative estimate of drug-likeness (QED) is 0.654. The van der Waals surface area contributed by atoms with Crippen LogP contribution in [-0.2, 0) is 0 Å². The number of allylic oxidation sites excluding steroid dienone is 2. The number of rotatable bonds is 6. The monoisotopic (exact) mass is 478 g/mol. The SMILES string of the molecule is C[C@@H]1CN([C@H](C)CO)C(=O)c2cc(C3=CCCC3)cnc2O[C@H]1CN(C)C(=O)Nc1ccccc1. The Hall–Kier alpha value is -3.39. The summed E-state index contributed by atoms with van der Waals surface area (Å²) in [5.74, 6) is -0.0389. The van der Waals surface area contributed by atoms with Gasteiger partial charge in [0.2, 0.25) is 5.88 Å². The van der Waals surface area contributed by atoms with Crippen LogP contribution in [0.3, 0.4) is 0 Å². The molecule has 0 radical (unpaired) electrons. The number of nitrogens with one attached hydrogen (secondary N) is 1. The lowest BCUT2D eigenvalue weighted by molar-refractivity contribution is 0.0356. The van der Waals surface area contributed by atoms with Crippen molar-refractivity contribution in [3.63, 3.8) is 0 Å². The van der Waals surface area contributed by atoms with Crippen LogP contribution < -0.4 is 10.1 Å². The predicted octanol–water partition coefficient (Wildman–Crippen LogP) is 4.03. The maximum atomic E-state index is 13.5. The summed E-state index contributed by atoms with van der Waals surface area (Å²) in [5.41, 5.74) is 3.23. The zero-order chi connectivity index (χ0) is 24.9. The number of carbonyl (C=O) groups excluding carboxylic acids is 2. The average Bonchev–Trinajstić information content (AvgIpc) is 3.41. The fraction of sp³-hybridized carbons (Fsp3) is 0.444. The standard InChI is InChI=1S/C27H34N4O4/c1-18-15-31(19(2)17-32)26(33)23-13-21(20-9-7-8-10-20)14-28-25(23)35-24(18)16-30(3)27(34)29-22-11-5-4-6-12-22/h4-6,9,11-14,18-19,24,32H,7-8,10,15-17H2,1-3H3,(H,29,34)/t18-,19-,24+/m1/s1. The second kappa shape index (κ2) is 10.9. The van der Waals surface area contributed by atoms with Gasteiger partial charge in [-0.3, -0.25) is 4.79 Å². The first kappa shape index (κ1) is 24.7. The molecule has 0 bridgehead atoms. The van der Waals surface area contributed by atoms with Gasteiger partial charge >= 0.3 is 6.03 Å². The van der Waals surface area contributed by atoms with Gasteiger partial charge in [0, 0.05) is 31.4 Å². The second-order valence-electron chi connectivity index (χ2n) is 9.50. The summed E-state index contributed by atoms with van der Waals surface area (Å²) >= 11 is 0. The van der Waals surface area contributed by atoms with E-state index in [4.69, 9.17) is 4.74 Å². The number of anilines is 1. The summed E-state index contributed by atoms with van der Waals surface area (Å²) in [7, 11) is 1.72. The maximum Gasteiger partial charge on any atom is 0.321 e. The van der Waals surface area contributed by atoms with Crippen molar-refractivity contribution in [3.8, 4) is 5.88 Å². The van der Waals surface area contributed by atoms with Crippen molar-refractivity contribution in [3.05, 3.63) is 59.8 Å². The third-order valence-corrected chi connectivity index (χ3v) is 6.76. The molecule has 1 aliphatic carbocycles. The zero-order valence-corrected chi connectivity index (χ0v) is 20.6. The fourth-order valence-corrected chi connectivity index (χ4v) is 4.52. The molecule has 3 amide bonds. The number of hydrogen-bond acceptors (Lipinski definition) is 5. The topological polar surface area (TPSA) is 95.0 Å². The van der Waals surface area contributed by atoms with Crippen molar-refractivity contribution in [1.82, 2.24) is 14.8 Å². The first-order valence-corrected chi connectivity index (χ1v) is 12.2. The van der Waals surface area contributed by atoms with Gasteiger partial charge in [0.25, 0.3) is 5.91 Å². The Kier molecular flexibility index (Phi) is 7.70. The highest BCUT2D eigenvalue weighted by atomic mass is 16.5. The molecule has 1 aromatic heterocycles. The lowest BCUT2D eigenvalue weighted by atomic mass is 9.99. The third kappa shape index (κ3) is 5.65. The normalized spacial score (nSPS) is 20.7. The van der Waals surface area contributed by atoms with Gasteiger partial charge in [-0.15, -0.1) is 0 Å². The first-order chi connectivity index (χ1) is 16.9. The van der Waals surface area contributed by atoms with Crippen LogP contribution in [0.4, 0.5) is 10.5 Å². The highest BCUT2D eigenvalue weighted by molar-refractivity contribution is 5.97. The number of carbonyl (C=O) groups is 2. The van der Waals surface area contributed by atoms with Gasteiger partial charge in [-0.1, -0.05) is 31.2 Å². The van der Waals surface area contributed by atoms with Crippen LogP contribution in [0.5, 0.6) is 5.88 Å². The van der Waals surface area contributed by atoms with Gasteiger partial charge in [0.1, 0.15) is 11.7 Å². The summed E-state index contributed by atoms with van der Waals surface area (Å²) in [4.78, 5) is 34.2. The van der Waals surface area contributed by atoms with Crippen LogP contribution in [0.15, 0.2) is 48.7 Å². The van der Waals surface area contributed by atoms with Crippen molar-refractivity contribution >= 4 is 23.2 Å². The number of aliphatic hydroxyl groups excluding tert-OH is 1. The number of para-hydroxylation sites is 1. The Labute approximate surface area is 206 Å². The van der Waals surface area contributed by atoms with E-state index in [9.17, 15) is 14.7 Å². The molecule has 186 valence electrons. The lowest BCUT2D eigenvalue weighted by Crippen LogP contribution is -2.50. The van der Waals surface area contributed by atoms with Crippen molar-refractivity contribution in [2.45, 2.75) is 45.3 Å². The number of benzene rings is 1. The average molecular weight is 479 g/mol. The van der Waals surface area contributed by atoms with Gasteiger partial charge in [-0.25, -0.2) is 9.78 Å². The minimum Gasteiger partial charge on any atom is -0.472 e. The molecule has 8 nitrogen and oxygen atoms in total. The van der Waals surface area contributed by atoms with Gasteiger partial charge < -0.3 is 25.0 Å². The van der Waals surface area contributed by atoms with E-state index in [0.29, 0.717) is 24.3 Å². The van der Waals surface area contributed by atoms with E-state index in [-0.39, 0.29) is 36.4 Å². The number of hydrogen-bond donors (Lipinski definition) is 2. The van der Waals surface area contributed by atoms with Crippen molar-refractivity contribution < 1.29 is 19.4 Å². The number of likely N-dealkylation sites (N-methyl/N-ethyl adjacent to an activating group) is 1. The summed E-state index contributed by atoms with van der Waals surface area (Å²) in [6.07, 6.45) is 6.65. The number of nitrogens with zero attached hydrogens (tertiary/aromatic N) is 3. The van der Waals surface area contributed by atoms with E-state index < -0.39 is 6.10 Å². The molecule has 1 aliphatic heterocycles. The number of urea groups is 1. The Balaban J connectivity index is 1.60. The molecule has 0 saturated carbocycles. The van der Waals surface area contributed by atoms with Crippen LogP contribution >= 0.6 is 0 Å². The molecular weight excluding hydrogens is 444 g/mol. The van der Waals surface area contributed by atoms with Crippen LogP contribution in [0.25, 0.3) is 5.57 Å². The second-order valence-corrected chi connectivity index (χ2v) is 9.50. The minimum atomic E-state index is -0.397. The van der Waals surface area contributed by atoms with Gasteiger partial charge in [0.15, 0.2) is 0 Å². The van der Waals surface area contributed by atoms with Crippen molar-refractivity contribution in [2.75, 3.05) is 32.1 Å². The Morgan fingerprint density at radius 2 is 2.11 bits per heavy atom. The Morgan fingerprint density at radius 1 is 1.34 bits per heavy atom. The Morgan fingerprint density at radius 3 is 2.80 bits per heavy atom. The third-order valence-electron chi connectivity index (χ3n) is 6.76. The highest BCUT2D eigenvalue weighted by Crippen LogP contribution is 2.32. The summed E-state index contributed by atoms with van der Waals surface area (Å²) in [5, 5.41) is 12.7. The number of aliphatic hydroxyl groups is 1. The molecule has 35 heavy (non-hydrogen) atoms. The summed E-state index contributed by atoms with van der Waals surface area (Å²) in [6, 6.07) is 10.5. The molecule has 0 unspecified atom stereocenters. The summed E-state index contributed by atoms with van der Waals surface area (Å²) in [6.45, 7) is 4.38. The van der Waals surface area contributed by atoms with E-state index in [2.05, 4.69) is 16.4 Å². The molecule has 1 aromatic carbocycles. The van der Waals surface area contributed by atoms with E-state index in [1.807, 2.05) is 50.2 Å². The molecule has 3 atom stereocenters. The van der Waals surface area contributed by atoms with Crippen LogP contribution in [0, 0.1) is 5.92 Å². The molecule has 4 rings (SSSR count). The van der Waals surface area contributed by atoms with E-state index in [1.54, 1.807) is 23.0 Å². The van der Waals surface area contributed by atoms with Gasteiger partial charge in [-0.05, 0) is 55.5 Å². The van der Waals surface area contributed by atoms with Crippen LogP contribution in [0.2, 0.25) is 0 Å². The van der Waals surface area contributed by atoms with Gasteiger partial charge in [-0.2, -0.15) is 0 Å². The number of amides is 3. The minimum absolute atomic E-state index is 0.105. The molecule has 2 N–H and O–H groups in total. The molecule has 2 heterocycles. The Bertz CT molecular complexity index is 1090. The fourth-order valence-electron chi connectivity index (χ4n) is 4.52. The smallest absolute Gasteiger partial charge is 0.321 e. The molecule has 8 heteroatoms. The zero-order valence-electron chi connectivity index (χ0n) is 20.6. The van der Waals surface area contributed by atoms with Crippen LogP contribution in [-0.4, -0.2) is 70.7 Å². The number of pyridine rings is 1. The van der Waals surface area contributed by atoms with Crippen LogP contribution in [0.1, 0.15) is 49.0 Å².